The first-order valence-electron chi connectivity index (χ1n) is 6.79. The molecule has 0 spiro atoms. The number of amides is 1. The van der Waals surface area contributed by atoms with E-state index in [0.29, 0.717) is 37.4 Å². The molecule has 0 atom stereocenters. The molecule has 0 saturated heterocycles. The molecule has 1 rings (SSSR count). The number of nitro benzene ring substituents is 1. The summed E-state index contributed by atoms with van der Waals surface area (Å²) < 4.78 is 5.18. The largest absolute Gasteiger partial charge is 0.382 e. The summed E-state index contributed by atoms with van der Waals surface area (Å²) in [6.07, 6.45) is 0.700. The summed E-state index contributed by atoms with van der Waals surface area (Å²) in [7, 11) is 3.57. The van der Waals surface area contributed by atoms with Crippen LogP contribution >= 0.6 is 0 Å². The summed E-state index contributed by atoms with van der Waals surface area (Å²) in [5.41, 5.74) is 0.841. The number of anilines is 1. The Labute approximate surface area is 124 Å². The van der Waals surface area contributed by atoms with E-state index in [-0.39, 0.29) is 11.6 Å². The summed E-state index contributed by atoms with van der Waals surface area (Å²) in [6.45, 7) is 3.59. The summed E-state index contributed by atoms with van der Waals surface area (Å²) in [5, 5.41) is 13.6. The molecule has 0 saturated carbocycles. The lowest BCUT2D eigenvalue weighted by Crippen LogP contribution is -2.27. The maximum absolute atomic E-state index is 12.2. The molecule has 7 nitrogen and oxygen atoms in total. The fourth-order valence-electron chi connectivity index (χ4n) is 1.83. The molecule has 1 aromatic rings. The molecule has 0 fully saturated rings. The molecular weight excluding hydrogens is 274 g/mol. The first-order valence-corrected chi connectivity index (χ1v) is 6.79. The van der Waals surface area contributed by atoms with Gasteiger partial charge < -0.3 is 15.0 Å². The summed E-state index contributed by atoms with van der Waals surface area (Å²) in [4.78, 5) is 24.2. The highest BCUT2D eigenvalue weighted by Crippen LogP contribution is 2.24. The second-order valence-corrected chi connectivity index (χ2v) is 4.66. The highest BCUT2D eigenvalue weighted by Gasteiger charge is 2.17. The predicted molar refractivity (Wildman–Crippen MR) is 80.9 cm³/mol. The van der Waals surface area contributed by atoms with Crippen molar-refractivity contribution in [3.63, 3.8) is 0 Å². The fraction of sp³-hybridized carbons (Fsp3) is 0.500. The van der Waals surface area contributed by atoms with Crippen LogP contribution in [0.1, 0.15) is 23.7 Å². The Kier molecular flexibility index (Phi) is 6.61. The van der Waals surface area contributed by atoms with E-state index < -0.39 is 4.92 Å². The number of hydrogen-bond donors (Lipinski definition) is 1. The summed E-state index contributed by atoms with van der Waals surface area (Å²) >= 11 is 0. The lowest BCUT2D eigenvalue weighted by atomic mass is 10.1. The Morgan fingerprint density at radius 1 is 1.43 bits per heavy atom. The standard InChI is InChI=1S/C14H21N3O4/c1-4-21-9-5-8-15-14(18)12-10-11(17(19)20)6-7-13(12)16(2)3/h6-7,10H,4-5,8-9H2,1-3H3,(H,15,18). The quantitative estimate of drug-likeness (QED) is 0.449. The molecule has 0 aliphatic heterocycles. The van der Waals surface area contributed by atoms with E-state index in [1.165, 1.54) is 12.1 Å². The molecule has 1 N–H and O–H groups in total. The molecule has 1 amide bonds. The van der Waals surface area contributed by atoms with Crippen LogP contribution in [0.4, 0.5) is 11.4 Å². The van der Waals surface area contributed by atoms with Crippen molar-refractivity contribution in [2.24, 2.45) is 0 Å². The van der Waals surface area contributed by atoms with E-state index in [9.17, 15) is 14.9 Å². The van der Waals surface area contributed by atoms with Crippen LogP contribution in [0.2, 0.25) is 0 Å². The van der Waals surface area contributed by atoms with Gasteiger partial charge in [0.05, 0.1) is 10.5 Å². The highest BCUT2D eigenvalue weighted by atomic mass is 16.6. The maximum atomic E-state index is 12.2. The fourth-order valence-corrected chi connectivity index (χ4v) is 1.83. The first-order chi connectivity index (χ1) is 9.97. The van der Waals surface area contributed by atoms with Crippen LogP contribution in [0.5, 0.6) is 0 Å². The molecule has 0 unspecified atom stereocenters. The number of non-ortho nitro benzene ring substituents is 1. The predicted octanol–water partition coefficient (Wildman–Crippen LogP) is 1.82. The van der Waals surface area contributed by atoms with Crippen LogP contribution in [0.3, 0.4) is 0 Å². The number of carbonyl (C=O) groups excluding carboxylic acids is 1. The second-order valence-electron chi connectivity index (χ2n) is 4.66. The van der Waals surface area contributed by atoms with Crippen molar-refractivity contribution < 1.29 is 14.5 Å². The van der Waals surface area contributed by atoms with E-state index >= 15 is 0 Å². The monoisotopic (exact) mass is 295 g/mol. The first kappa shape index (κ1) is 16.9. The van der Waals surface area contributed by atoms with Gasteiger partial charge in [0.1, 0.15) is 0 Å². The van der Waals surface area contributed by atoms with Crippen LogP contribution < -0.4 is 10.2 Å². The Hall–Kier alpha value is -2.15. The average Bonchev–Trinajstić information content (AvgIpc) is 2.46. The van der Waals surface area contributed by atoms with Crippen LogP contribution in [-0.4, -0.2) is 44.7 Å². The van der Waals surface area contributed by atoms with Gasteiger partial charge in [-0.05, 0) is 19.4 Å². The SMILES string of the molecule is CCOCCCNC(=O)c1cc([N+](=O)[O-])ccc1N(C)C. The van der Waals surface area contributed by atoms with Gasteiger partial charge in [-0.25, -0.2) is 0 Å². The van der Waals surface area contributed by atoms with E-state index in [4.69, 9.17) is 4.74 Å². The number of benzene rings is 1. The van der Waals surface area contributed by atoms with Gasteiger partial charge in [0.25, 0.3) is 11.6 Å². The minimum absolute atomic E-state index is 0.0972. The number of hydrogen-bond acceptors (Lipinski definition) is 5. The Morgan fingerprint density at radius 2 is 2.14 bits per heavy atom. The Morgan fingerprint density at radius 3 is 2.71 bits per heavy atom. The number of ether oxygens (including phenoxy) is 1. The van der Waals surface area contributed by atoms with Gasteiger partial charge in [-0.2, -0.15) is 0 Å². The van der Waals surface area contributed by atoms with Gasteiger partial charge in [-0.3, -0.25) is 14.9 Å². The lowest BCUT2D eigenvalue weighted by Gasteiger charge is -2.17. The zero-order chi connectivity index (χ0) is 15.8. The topological polar surface area (TPSA) is 84.7 Å². The third kappa shape index (κ3) is 5.03. The third-order valence-corrected chi connectivity index (χ3v) is 2.87. The van der Waals surface area contributed by atoms with Crippen molar-refractivity contribution in [2.45, 2.75) is 13.3 Å². The van der Waals surface area contributed by atoms with Crippen molar-refractivity contribution in [1.82, 2.24) is 5.32 Å². The number of rotatable bonds is 8. The normalized spacial score (nSPS) is 10.2. The molecule has 21 heavy (non-hydrogen) atoms. The van der Waals surface area contributed by atoms with Gasteiger partial charge >= 0.3 is 0 Å². The van der Waals surface area contributed by atoms with Gasteiger partial charge in [0.15, 0.2) is 0 Å². The van der Waals surface area contributed by atoms with Gasteiger partial charge in [0.2, 0.25) is 0 Å². The third-order valence-electron chi connectivity index (χ3n) is 2.87. The van der Waals surface area contributed by atoms with E-state index in [2.05, 4.69) is 5.32 Å². The molecule has 0 aliphatic carbocycles. The molecule has 116 valence electrons. The number of nitrogens with zero attached hydrogens (tertiary/aromatic N) is 2. The van der Waals surface area contributed by atoms with Gasteiger partial charge in [0, 0.05) is 51.7 Å². The molecule has 0 heterocycles. The zero-order valence-corrected chi connectivity index (χ0v) is 12.6. The van der Waals surface area contributed by atoms with Crippen molar-refractivity contribution in [3.05, 3.63) is 33.9 Å². The van der Waals surface area contributed by atoms with Crippen LogP contribution in [0, 0.1) is 10.1 Å². The minimum Gasteiger partial charge on any atom is -0.382 e. The molecule has 1 aromatic carbocycles. The van der Waals surface area contributed by atoms with Crippen LogP contribution in [0.25, 0.3) is 0 Å². The molecule has 0 aromatic heterocycles. The molecule has 0 bridgehead atoms. The van der Waals surface area contributed by atoms with Crippen LogP contribution in [-0.2, 0) is 4.74 Å². The van der Waals surface area contributed by atoms with Crippen molar-refractivity contribution in [1.29, 1.82) is 0 Å². The molecular formula is C14H21N3O4. The maximum Gasteiger partial charge on any atom is 0.270 e. The average molecular weight is 295 g/mol. The second kappa shape index (κ2) is 8.21. The molecule has 7 heteroatoms. The smallest absolute Gasteiger partial charge is 0.270 e. The molecule has 0 radical (unpaired) electrons. The van der Waals surface area contributed by atoms with Crippen molar-refractivity contribution in [3.8, 4) is 0 Å². The lowest BCUT2D eigenvalue weighted by molar-refractivity contribution is -0.384. The molecule has 0 aliphatic rings. The van der Waals surface area contributed by atoms with E-state index in [0.717, 1.165) is 0 Å². The number of carbonyl (C=O) groups is 1. The highest BCUT2D eigenvalue weighted by molar-refractivity contribution is 6.00. The minimum atomic E-state index is -0.509. The number of nitrogens with one attached hydrogen (secondary N) is 1. The van der Waals surface area contributed by atoms with Crippen molar-refractivity contribution >= 4 is 17.3 Å². The summed E-state index contributed by atoms with van der Waals surface area (Å²) in [5.74, 6) is -0.320. The number of nitro groups is 1. The van der Waals surface area contributed by atoms with E-state index in [1.54, 1.807) is 25.1 Å². The van der Waals surface area contributed by atoms with Gasteiger partial charge in [-0.15, -0.1) is 0 Å². The Balaban J connectivity index is 2.80. The van der Waals surface area contributed by atoms with Gasteiger partial charge in [-0.1, -0.05) is 0 Å². The zero-order valence-electron chi connectivity index (χ0n) is 12.6. The van der Waals surface area contributed by atoms with E-state index in [1.807, 2.05) is 6.92 Å². The van der Waals surface area contributed by atoms with Crippen molar-refractivity contribution in [2.75, 3.05) is 38.8 Å². The summed E-state index contributed by atoms with van der Waals surface area (Å²) in [6, 6.07) is 4.27. The Bertz CT molecular complexity index is 503. The van der Waals surface area contributed by atoms with Crippen LogP contribution in [0.15, 0.2) is 18.2 Å².